The molecule has 1 N–H and O–H groups in total. The van der Waals surface area contributed by atoms with Crippen molar-refractivity contribution in [1.29, 1.82) is 0 Å². The molecule has 3 fully saturated rings. The van der Waals surface area contributed by atoms with Crippen molar-refractivity contribution in [2.75, 3.05) is 32.8 Å². The van der Waals surface area contributed by atoms with E-state index in [1.54, 1.807) is 0 Å². The molecule has 3 aliphatic heterocycles. The van der Waals surface area contributed by atoms with Crippen LogP contribution in [0.25, 0.3) is 0 Å². The van der Waals surface area contributed by atoms with E-state index in [-0.39, 0.29) is 30.7 Å². The highest BCUT2D eigenvalue weighted by atomic mass is 16.5. The summed E-state index contributed by atoms with van der Waals surface area (Å²) in [6.45, 7) is 5.30. The van der Waals surface area contributed by atoms with E-state index in [2.05, 4.69) is 12.2 Å². The monoisotopic (exact) mass is 253 g/mol. The number of carbonyl (C=O) groups is 2. The number of ether oxygens (including phenoxy) is 1. The number of hydrogen-bond acceptors (Lipinski definition) is 3. The standard InChI is InChI=1S/C12H19N3O3/c1-8-4-15(5-8)12(17)14-3-2-10-9(6-14)13-11(16)7-18-10/h8-10H,2-7H2,1H3,(H,13,16)/t9-,10+/m1/s1. The van der Waals surface area contributed by atoms with Gasteiger partial charge in [0.2, 0.25) is 5.91 Å². The maximum Gasteiger partial charge on any atom is 0.320 e. The molecule has 6 heteroatoms. The minimum absolute atomic E-state index is 0.0392. The minimum atomic E-state index is -0.0804. The average Bonchev–Trinajstić information content (AvgIpc) is 2.33. The van der Waals surface area contributed by atoms with Crippen molar-refractivity contribution in [2.45, 2.75) is 25.5 Å². The Labute approximate surface area is 106 Å². The highest BCUT2D eigenvalue weighted by Gasteiger charge is 2.39. The number of urea groups is 1. The average molecular weight is 253 g/mol. The Balaban J connectivity index is 1.59. The molecule has 0 unspecified atom stereocenters. The first-order chi connectivity index (χ1) is 8.63. The molecular weight excluding hydrogens is 234 g/mol. The molecule has 6 nitrogen and oxygen atoms in total. The lowest BCUT2D eigenvalue weighted by Gasteiger charge is -2.45. The third-order valence-electron chi connectivity index (χ3n) is 3.93. The topological polar surface area (TPSA) is 61.9 Å². The third-order valence-corrected chi connectivity index (χ3v) is 3.93. The van der Waals surface area contributed by atoms with Gasteiger partial charge in [-0.15, -0.1) is 0 Å². The minimum Gasteiger partial charge on any atom is -0.366 e. The number of hydrogen-bond donors (Lipinski definition) is 1. The van der Waals surface area contributed by atoms with Crippen molar-refractivity contribution in [3.05, 3.63) is 0 Å². The fourth-order valence-corrected chi connectivity index (χ4v) is 2.93. The molecule has 0 aromatic rings. The van der Waals surface area contributed by atoms with Crippen LogP contribution in [0.1, 0.15) is 13.3 Å². The van der Waals surface area contributed by atoms with Gasteiger partial charge in [0.1, 0.15) is 6.61 Å². The van der Waals surface area contributed by atoms with Gasteiger partial charge in [-0.2, -0.15) is 0 Å². The van der Waals surface area contributed by atoms with Gasteiger partial charge in [-0.3, -0.25) is 4.79 Å². The van der Waals surface area contributed by atoms with E-state index in [4.69, 9.17) is 4.74 Å². The van der Waals surface area contributed by atoms with Crippen LogP contribution in [0, 0.1) is 5.92 Å². The molecule has 0 saturated carbocycles. The number of likely N-dealkylation sites (tertiary alicyclic amines) is 2. The van der Waals surface area contributed by atoms with Gasteiger partial charge in [-0.05, 0) is 12.3 Å². The molecule has 2 atom stereocenters. The smallest absolute Gasteiger partial charge is 0.320 e. The summed E-state index contributed by atoms with van der Waals surface area (Å²) >= 11 is 0. The molecule has 0 spiro atoms. The summed E-state index contributed by atoms with van der Waals surface area (Å²) in [6, 6.07) is 0.0639. The highest BCUT2D eigenvalue weighted by Crippen LogP contribution is 2.21. The second-order valence-corrected chi connectivity index (χ2v) is 5.55. The molecule has 3 heterocycles. The summed E-state index contributed by atoms with van der Waals surface area (Å²) in [7, 11) is 0. The summed E-state index contributed by atoms with van der Waals surface area (Å²) in [5, 5.41) is 2.91. The number of morpholine rings is 1. The molecule has 0 bridgehead atoms. The van der Waals surface area contributed by atoms with E-state index in [0.717, 1.165) is 26.1 Å². The Kier molecular flexibility index (Phi) is 2.89. The summed E-state index contributed by atoms with van der Waals surface area (Å²) in [5.41, 5.74) is 0. The van der Waals surface area contributed by atoms with Gasteiger partial charge in [-0.1, -0.05) is 6.92 Å². The molecular formula is C12H19N3O3. The van der Waals surface area contributed by atoms with Crippen molar-refractivity contribution < 1.29 is 14.3 Å². The van der Waals surface area contributed by atoms with Crippen molar-refractivity contribution >= 4 is 11.9 Å². The van der Waals surface area contributed by atoms with Crippen LogP contribution in [-0.4, -0.2) is 66.7 Å². The largest absolute Gasteiger partial charge is 0.366 e. The first-order valence-electron chi connectivity index (χ1n) is 6.58. The van der Waals surface area contributed by atoms with Gasteiger partial charge in [0.15, 0.2) is 0 Å². The van der Waals surface area contributed by atoms with E-state index in [0.29, 0.717) is 12.5 Å². The number of nitrogens with one attached hydrogen (secondary N) is 1. The normalized spacial score (nSPS) is 32.6. The molecule has 18 heavy (non-hydrogen) atoms. The number of fused-ring (bicyclic) bond motifs is 1. The van der Waals surface area contributed by atoms with Crippen LogP contribution in [0.4, 0.5) is 4.79 Å². The second kappa shape index (κ2) is 4.42. The highest BCUT2D eigenvalue weighted by molar-refractivity contribution is 5.79. The molecule has 3 amide bonds. The van der Waals surface area contributed by atoms with Gasteiger partial charge < -0.3 is 19.9 Å². The lowest BCUT2D eigenvalue weighted by molar-refractivity contribution is -0.139. The van der Waals surface area contributed by atoms with E-state index in [1.165, 1.54) is 0 Å². The van der Waals surface area contributed by atoms with Gasteiger partial charge in [0.25, 0.3) is 0 Å². The predicted octanol–water partition coefficient (Wildman–Crippen LogP) is -0.353. The van der Waals surface area contributed by atoms with E-state index < -0.39 is 0 Å². The summed E-state index contributed by atoms with van der Waals surface area (Å²) in [6.07, 6.45) is 0.877. The lowest BCUT2D eigenvalue weighted by Crippen LogP contribution is -2.63. The number of carbonyl (C=O) groups excluding carboxylic acids is 2. The van der Waals surface area contributed by atoms with Crippen LogP contribution in [0.2, 0.25) is 0 Å². The molecule has 0 radical (unpaired) electrons. The number of amides is 3. The quantitative estimate of drug-likeness (QED) is 0.642. The van der Waals surface area contributed by atoms with Crippen LogP contribution in [0.3, 0.4) is 0 Å². The molecule has 0 aromatic carbocycles. The first kappa shape index (κ1) is 11.8. The zero-order chi connectivity index (χ0) is 12.7. The SMILES string of the molecule is CC1CN(C(=O)N2CC[C@@H]3OCC(=O)N[C@@H]3C2)C1. The maximum absolute atomic E-state index is 12.2. The summed E-state index contributed by atoms with van der Waals surface area (Å²) < 4.78 is 5.48. The van der Waals surface area contributed by atoms with Crippen molar-refractivity contribution in [1.82, 2.24) is 15.1 Å². The Morgan fingerprint density at radius 3 is 2.83 bits per heavy atom. The fraction of sp³-hybridized carbons (Fsp3) is 0.833. The fourth-order valence-electron chi connectivity index (χ4n) is 2.93. The van der Waals surface area contributed by atoms with E-state index in [9.17, 15) is 9.59 Å². The van der Waals surface area contributed by atoms with Crippen molar-refractivity contribution in [2.24, 2.45) is 5.92 Å². The second-order valence-electron chi connectivity index (χ2n) is 5.55. The molecule has 100 valence electrons. The number of piperidine rings is 1. The number of rotatable bonds is 0. The number of nitrogens with zero attached hydrogens (tertiary/aromatic N) is 2. The molecule has 3 aliphatic rings. The van der Waals surface area contributed by atoms with Crippen LogP contribution < -0.4 is 5.32 Å². The van der Waals surface area contributed by atoms with Crippen LogP contribution in [0.15, 0.2) is 0 Å². The van der Waals surface area contributed by atoms with E-state index in [1.807, 2.05) is 9.80 Å². The molecule has 3 rings (SSSR count). The third kappa shape index (κ3) is 2.05. The summed E-state index contributed by atoms with van der Waals surface area (Å²) in [4.78, 5) is 27.2. The van der Waals surface area contributed by atoms with Crippen molar-refractivity contribution in [3.8, 4) is 0 Å². The molecule has 0 aromatic heterocycles. The zero-order valence-electron chi connectivity index (χ0n) is 10.6. The van der Waals surface area contributed by atoms with Gasteiger partial charge >= 0.3 is 6.03 Å². The first-order valence-corrected chi connectivity index (χ1v) is 6.58. The Bertz CT molecular complexity index is 368. The van der Waals surface area contributed by atoms with Crippen molar-refractivity contribution in [3.63, 3.8) is 0 Å². The van der Waals surface area contributed by atoms with Crippen LogP contribution in [-0.2, 0) is 9.53 Å². The Morgan fingerprint density at radius 2 is 2.11 bits per heavy atom. The zero-order valence-corrected chi connectivity index (χ0v) is 10.6. The lowest BCUT2D eigenvalue weighted by atomic mass is 10.00. The predicted molar refractivity (Wildman–Crippen MR) is 64.0 cm³/mol. The van der Waals surface area contributed by atoms with E-state index >= 15 is 0 Å². The van der Waals surface area contributed by atoms with Gasteiger partial charge in [-0.25, -0.2) is 4.79 Å². The summed E-state index contributed by atoms with van der Waals surface area (Å²) in [5.74, 6) is 0.535. The van der Waals surface area contributed by atoms with Crippen LogP contribution in [0.5, 0.6) is 0 Å². The van der Waals surface area contributed by atoms with Gasteiger partial charge in [0, 0.05) is 26.2 Å². The molecule has 0 aliphatic carbocycles. The molecule has 3 saturated heterocycles. The van der Waals surface area contributed by atoms with Gasteiger partial charge in [0.05, 0.1) is 12.1 Å². The Morgan fingerprint density at radius 1 is 1.33 bits per heavy atom. The Hall–Kier alpha value is -1.30. The van der Waals surface area contributed by atoms with Crippen LogP contribution >= 0.6 is 0 Å². The maximum atomic E-state index is 12.2.